The molecule has 0 aliphatic carbocycles. The van der Waals surface area contributed by atoms with E-state index in [1.807, 2.05) is 24.1 Å². The Balaban J connectivity index is 2.69. The molecule has 0 saturated heterocycles. The summed E-state index contributed by atoms with van der Waals surface area (Å²) in [6, 6.07) is 3.67. The molecular formula is C10H16ClN3. The summed E-state index contributed by atoms with van der Waals surface area (Å²) < 4.78 is 0. The molecule has 1 rings (SSSR count). The molecule has 4 heteroatoms. The van der Waals surface area contributed by atoms with Crippen LogP contribution in [0.1, 0.15) is 6.92 Å². The topological polar surface area (TPSA) is 42.1 Å². The fraction of sp³-hybridized carbons (Fsp3) is 0.500. The van der Waals surface area contributed by atoms with E-state index in [1.54, 1.807) is 6.20 Å². The van der Waals surface area contributed by atoms with E-state index in [1.165, 1.54) is 0 Å². The van der Waals surface area contributed by atoms with Crippen molar-refractivity contribution in [2.24, 2.45) is 11.7 Å². The van der Waals surface area contributed by atoms with Gasteiger partial charge in [-0.25, -0.2) is 4.98 Å². The summed E-state index contributed by atoms with van der Waals surface area (Å²) in [5, 5.41) is 0.680. The largest absolute Gasteiger partial charge is 0.358 e. The van der Waals surface area contributed by atoms with Crippen molar-refractivity contribution in [3.05, 3.63) is 23.4 Å². The van der Waals surface area contributed by atoms with E-state index < -0.39 is 0 Å². The van der Waals surface area contributed by atoms with Gasteiger partial charge in [-0.1, -0.05) is 18.5 Å². The zero-order valence-corrected chi connectivity index (χ0v) is 9.33. The van der Waals surface area contributed by atoms with Crippen molar-refractivity contribution in [1.29, 1.82) is 0 Å². The Morgan fingerprint density at radius 1 is 1.64 bits per heavy atom. The van der Waals surface area contributed by atoms with Crippen LogP contribution in [0.5, 0.6) is 0 Å². The van der Waals surface area contributed by atoms with Crippen molar-refractivity contribution < 1.29 is 0 Å². The molecule has 0 bridgehead atoms. The summed E-state index contributed by atoms with van der Waals surface area (Å²) >= 11 is 6.01. The first-order chi connectivity index (χ1) is 6.65. The molecule has 1 unspecified atom stereocenters. The van der Waals surface area contributed by atoms with Gasteiger partial charge in [0.25, 0.3) is 0 Å². The average molecular weight is 214 g/mol. The maximum Gasteiger partial charge on any atom is 0.147 e. The molecule has 14 heavy (non-hydrogen) atoms. The lowest BCUT2D eigenvalue weighted by Crippen LogP contribution is -2.28. The molecule has 0 aliphatic heterocycles. The van der Waals surface area contributed by atoms with Crippen molar-refractivity contribution in [3.8, 4) is 0 Å². The SMILES string of the molecule is CC(CN)CN(C)c1ncccc1Cl. The van der Waals surface area contributed by atoms with Crippen LogP contribution in [0.25, 0.3) is 0 Å². The minimum atomic E-state index is 0.443. The van der Waals surface area contributed by atoms with Gasteiger partial charge in [0.2, 0.25) is 0 Å². The van der Waals surface area contributed by atoms with Gasteiger partial charge in [-0.05, 0) is 24.6 Å². The number of halogens is 1. The quantitative estimate of drug-likeness (QED) is 0.829. The number of hydrogen-bond donors (Lipinski definition) is 1. The molecule has 0 aromatic carbocycles. The normalized spacial score (nSPS) is 12.6. The van der Waals surface area contributed by atoms with E-state index in [-0.39, 0.29) is 0 Å². The first-order valence-corrected chi connectivity index (χ1v) is 5.04. The van der Waals surface area contributed by atoms with E-state index in [9.17, 15) is 0 Å². The van der Waals surface area contributed by atoms with Gasteiger partial charge in [-0.3, -0.25) is 0 Å². The Morgan fingerprint density at radius 3 is 2.93 bits per heavy atom. The van der Waals surface area contributed by atoms with Crippen molar-refractivity contribution >= 4 is 17.4 Å². The van der Waals surface area contributed by atoms with Crippen LogP contribution in [-0.4, -0.2) is 25.1 Å². The first kappa shape index (κ1) is 11.3. The van der Waals surface area contributed by atoms with Crippen LogP contribution in [0, 0.1) is 5.92 Å². The lowest BCUT2D eigenvalue weighted by Gasteiger charge is -2.22. The van der Waals surface area contributed by atoms with Crippen LogP contribution in [0.3, 0.4) is 0 Å². The van der Waals surface area contributed by atoms with Crippen molar-refractivity contribution in [2.75, 3.05) is 25.0 Å². The van der Waals surface area contributed by atoms with Crippen LogP contribution < -0.4 is 10.6 Å². The Kier molecular flexibility index (Phi) is 4.17. The highest BCUT2D eigenvalue weighted by molar-refractivity contribution is 6.32. The van der Waals surface area contributed by atoms with Gasteiger partial charge in [-0.15, -0.1) is 0 Å². The number of aromatic nitrogens is 1. The summed E-state index contributed by atoms with van der Waals surface area (Å²) in [7, 11) is 1.97. The van der Waals surface area contributed by atoms with Gasteiger partial charge in [-0.2, -0.15) is 0 Å². The predicted molar refractivity (Wildman–Crippen MR) is 60.7 cm³/mol. The third kappa shape index (κ3) is 2.86. The molecule has 0 radical (unpaired) electrons. The van der Waals surface area contributed by atoms with Crippen molar-refractivity contribution in [3.63, 3.8) is 0 Å². The lowest BCUT2D eigenvalue weighted by atomic mass is 10.2. The molecule has 0 saturated carbocycles. The second-order valence-electron chi connectivity index (χ2n) is 3.53. The third-order valence-corrected chi connectivity index (χ3v) is 2.38. The first-order valence-electron chi connectivity index (χ1n) is 4.67. The summed E-state index contributed by atoms with van der Waals surface area (Å²) in [5.74, 6) is 1.26. The van der Waals surface area contributed by atoms with Crippen molar-refractivity contribution in [1.82, 2.24) is 4.98 Å². The second kappa shape index (κ2) is 5.17. The minimum absolute atomic E-state index is 0.443. The standard InChI is InChI=1S/C10H16ClN3/c1-8(6-12)7-14(2)10-9(11)4-3-5-13-10/h3-5,8H,6-7,12H2,1-2H3. The summed E-state index contributed by atoms with van der Waals surface area (Å²) in [6.07, 6.45) is 1.74. The van der Waals surface area contributed by atoms with Gasteiger partial charge in [0.1, 0.15) is 5.82 Å². The van der Waals surface area contributed by atoms with E-state index in [0.717, 1.165) is 12.4 Å². The molecular weight excluding hydrogens is 198 g/mol. The lowest BCUT2D eigenvalue weighted by molar-refractivity contribution is 0.587. The third-order valence-electron chi connectivity index (χ3n) is 2.09. The highest BCUT2D eigenvalue weighted by Crippen LogP contribution is 2.21. The molecule has 2 N–H and O–H groups in total. The molecule has 1 atom stereocenters. The maximum atomic E-state index is 6.01. The molecule has 0 aliphatic rings. The fourth-order valence-corrected chi connectivity index (χ4v) is 1.55. The number of hydrogen-bond acceptors (Lipinski definition) is 3. The number of rotatable bonds is 4. The zero-order chi connectivity index (χ0) is 10.6. The average Bonchev–Trinajstić information content (AvgIpc) is 2.18. The highest BCUT2D eigenvalue weighted by Gasteiger charge is 2.09. The molecule has 0 spiro atoms. The summed E-state index contributed by atoms with van der Waals surface area (Å²) in [4.78, 5) is 6.25. The fourth-order valence-electron chi connectivity index (χ4n) is 1.29. The molecule has 1 heterocycles. The van der Waals surface area contributed by atoms with Gasteiger partial charge in [0, 0.05) is 19.8 Å². The monoisotopic (exact) mass is 213 g/mol. The van der Waals surface area contributed by atoms with Gasteiger partial charge < -0.3 is 10.6 Å². The van der Waals surface area contributed by atoms with Gasteiger partial charge >= 0.3 is 0 Å². The van der Waals surface area contributed by atoms with Crippen LogP contribution in [0.4, 0.5) is 5.82 Å². The zero-order valence-electron chi connectivity index (χ0n) is 8.57. The molecule has 78 valence electrons. The van der Waals surface area contributed by atoms with E-state index >= 15 is 0 Å². The van der Waals surface area contributed by atoms with E-state index in [4.69, 9.17) is 17.3 Å². The molecule has 3 nitrogen and oxygen atoms in total. The Bertz CT molecular complexity index is 290. The number of pyridine rings is 1. The number of nitrogens with zero attached hydrogens (tertiary/aromatic N) is 2. The van der Waals surface area contributed by atoms with Gasteiger partial charge in [0.05, 0.1) is 5.02 Å². The van der Waals surface area contributed by atoms with Crippen LogP contribution in [0.15, 0.2) is 18.3 Å². The van der Waals surface area contributed by atoms with Gasteiger partial charge in [0.15, 0.2) is 0 Å². The molecule has 0 fully saturated rings. The second-order valence-corrected chi connectivity index (χ2v) is 3.94. The van der Waals surface area contributed by atoms with Crippen LogP contribution in [0.2, 0.25) is 5.02 Å². The predicted octanol–water partition coefficient (Wildman–Crippen LogP) is 1.77. The van der Waals surface area contributed by atoms with Crippen LogP contribution >= 0.6 is 11.6 Å². The maximum absolute atomic E-state index is 6.01. The minimum Gasteiger partial charge on any atom is -0.358 e. The van der Waals surface area contributed by atoms with E-state index in [0.29, 0.717) is 17.5 Å². The smallest absolute Gasteiger partial charge is 0.147 e. The summed E-state index contributed by atoms with van der Waals surface area (Å²) in [5.41, 5.74) is 5.56. The Hall–Kier alpha value is -0.800. The van der Waals surface area contributed by atoms with E-state index in [2.05, 4.69) is 11.9 Å². The molecule has 0 amide bonds. The Morgan fingerprint density at radius 2 is 2.36 bits per heavy atom. The van der Waals surface area contributed by atoms with Crippen LogP contribution in [-0.2, 0) is 0 Å². The highest BCUT2D eigenvalue weighted by atomic mass is 35.5. The number of nitrogens with two attached hydrogens (primary N) is 1. The Labute approximate surface area is 89.9 Å². The summed E-state index contributed by atoms with van der Waals surface area (Å²) in [6.45, 7) is 3.65. The number of anilines is 1. The van der Waals surface area contributed by atoms with Crippen molar-refractivity contribution in [2.45, 2.75) is 6.92 Å². The molecule has 1 aromatic heterocycles. The molecule has 1 aromatic rings.